The second-order valence-corrected chi connectivity index (χ2v) is 9.60. The van der Waals surface area contributed by atoms with Crippen LogP contribution in [-0.4, -0.2) is 53.9 Å². The molecule has 3 aromatic rings. The lowest BCUT2D eigenvalue weighted by Gasteiger charge is -2.33. The Labute approximate surface area is 187 Å². The van der Waals surface area contributed by atoms with Crippen LogP contribution in [-0.2, 0) is 22.7 Å². The molecule has 0 atom stereocenters. The Morgan fingerprint density at radius 2 is 1.72 bits per heavy atom. The largest absolute Gasteiger partial charge is 0.416 e. The average molecular weight is 487 g/mol. The molecule has 2 heterocycles. The van der Waals surface area contributed by atoms with Crippen molar-refractivity contribution in [3.8, 4) is 11.4 Å². The van der Waals surface area contributed by atoms with Crippen LogP contribution in [0.25, 0.3) is 11.4 Å². The molecular weight excluding hydrogens is 469 g/mol. The molecule has 0 saturated carbocycles. The van der Waals surface area contributed by atoms with Gasteiger partial charge in [0.15, 0.2) is 0 Å². The number of halogens is 4. The highest BCUT2D eigenvalue weighted by molar-refractivity contribution is 7.89. The van der Waals surface area contributed by atoms with E-state index < -0.39 is 21.8 Å². The van der Waals surface area contributed by atoms with Crippen LogP contribution in [0.5, 0.6) is 0 Å². The van der Waals surface area contributed by atoms with Crippen molar-refractivity contribution < 1.29 is 26.1 Å². The van der Waals surface area contributed by atoms with Gasteiger partial charge in [-0.25, -0.2) is 8.42 Å². The third kappa shape index (κ3) is 4.96. The van der Waals surface area contributed by atoms with E-state index in [4.69, 9.17) is 16.1 Å². The van der Waals surface area contributed by atoms with E-state index in [0.717, 1.165) is 17.7 Å². The summed E-state index contributed by atoms with van der Waals surface area (Å²) in [7, 11) is -4.03. The molecule has 32 heavy (non-hydrogen) atoms. The Morgan fingerprint density at radius 3 is 2.38 bits per heavy atom. The summed E-state index contributed by atoms with van der Waals surface area (Å²) in [6.07, 6.45) is -4.61. The molecule has 7 nitrogen and oxygen atoms in total. The minimum Gasteiger partial charge on any atom is -0.338 e. The van der Waals surface area contributed by atoms with E-state index in [-0.39, 0.29) is 18.0 Å². The molecule has 0 aliphatic carbocycles. The second-order valence-electron chi connectivity index (χ2n) is 7.22. The number of nitrogens with zero attached hydrogens (tertiary/aromatic N) is 4. The van der Waals surface area contributed by atoms with Crippen molar-refractivity contribution >= 4 is 21.6 Å². The molecule has 4 rings (SSSR count). The number of sulfonamides is 1. The summed E-state index contributed by atoms with van der Waals surface area (Å²) >= 11 is 5.88. The standard InChI is InChI=1S/C20H18ClF3N4O3S/c21-16-6-4-14(5-7-16)19-25-18(31-26-19)13-27-8-10-28(11-9-27)32(29,30)17-3-1-2-15(12-17)20(22,23)24/h1-7,12H,8-11,13H2. The van der Waals surface area contributed by atoms with Gasteiger partial charge < -0.3 is 4.52 Å². The predicted octanol–water partition coefficient (Wildman–Crippen LogP) is 3.92. The number of piperazine rings is 1. The molecule has 12 heteroatoms. The van der Waals surface area contributed by atoms with E-state index in [9.17, 15) is 21.6 Å². The van der Waals surface area contributed by atoms with Crippen LogP contribution in [0, 0.1) is 0 Å². The van der Waals surface area contributed by atoms with Crippen LogP contribution in [0.2, 0.25) is 5.02 Å². The Kier molecular flexibility index (Phi) is 6.26. The summed E-state index contributed by atoms with van der Waals surface area (Å²) < 4.78 is 70.9. The van der Waals surface area contributed by atoms with E-state index in [1.165, 1.54) is 10.4 Å². The topological polar surface area (TPSA) is 79.5 Å². The molecule has 0 unspecified atom stereocenters. The van der Waals surface area contributed by atoms with Gasteiger partial charge >= 0.3 is 6.18 Å². The fourth-order valence-electron chi connectivity index (χ4n) is 3.34. The lowest BCUT2D eigenvalue weighted by molar-refractivity contribution is -0.137. The van der Waals surface area contributed by atoms with Crippen molar-refractivity contribution in [2.45, 2.75) is 17.6 Å². The van der Waals surface area contributed by atoms with E-state index >= 15 is 0 Å². The average Bonchev–Trinajstić information content (AvgIpc) is 3.22. The zero-order chi connectivity index (χ0) is 22.9. The van der Waals surface area contributed by atoms with Crippen molar-refractivity contribution in [2.24, 2.45) is 0 Å². The first-order valence-corrected chi connectivity index (χ1v) is 11.4. The third-order valence-corrected chi connectivity index (χ3v) is 7.21. The number of hydrogen-bond donors (Lipinski definition) is 0. The number of rotatable bonds is 5. The third-order valence-electron chi connectivity index (χ3n) is 5.06. The first-order chi connectivity index (χ1) is 15.1. The molecule has 1 aliphatic heterocycles. The molecule has 1 fully saturated rings. The van der Waals surface area contributed by atoms with Gasteiger partial charge in [0, 0.05) is 36.8 Å². The Hall–Kier alpha value is -2.47. The summed E-state index contributed by atoms with van der Waals surface area (Å²) in [5.74, 6) is 0.798. The van der Waals surface area contributed by atoms with Gasteiger partial charge in [0.2, 0.25) is 21.7 Å². The number of alkyl halides is 3. The van der Waals surface area contributed by atoms with Crippen LogP contribution in [0.15, 0.2) is 57.9 Å². The minimum absolute atomic E-state index is 0.136. The molecule has 0 spiro atoms. The summed E-state index contributed by atoms with van der Waals surface area (Å²) in [6.45, 7) is 1.35. The van der Waals surface area contributed by atoms with Crippen LogP contribution < -0.4 is 0 Å². The van der Waals surface area contributed by atoms with Gasteiger partial charge in [-0.05, 0) is 42.5 Å². The molecular formula is C20H18ClF3N4O3S. The van der Waals surface area contributed by atoms with Crippen molar-refractivity contribution in [3.05, 3.63) is 65.0 Å². The summed E-state index contributed by atoms with van der Waals surface area (Å²) in [4.78, 5) is 5.92. The molecule has 1 aliphatic rings. The zero-order valence-corrected chi connectivity index (χ0v) is 18.2. The molecule has 0 bridgehead atoms. The Morgan fingerprint density at radius 1 is 1.03 bits per heavy atom. The van der Waals surface area contributed by atoms with E-state index in [2.05, 4.69) is 10.1 Å². The van der Waals surface area contributed by atoms with Gasteiger partial charge in [-0.2, -0.15) is 22.5 Å². The zero-order valence-electron chi connectivity index (χ0n) is 16.6. The molecule has 170 valence electrons. The van der Waals surface area contributed by atoms with E-state index in [1.807, 2.05) is 4.90 Å². The van der Waals surface area contributed by atoms with Gasteiger partial charge in [0.05, 0.1) is 17.0 Å². The first kappa shape index (κ1) is 22.7. The quantitative estimate of drug-likeness (QED) is 0.544. The molecule has 0 N–H and O–H groups in total. The number of hydrogen-bond acceptors (Lipinski definition) is 6. The van der Waals surface area contributed by atoms with Gasteiger partial charge in [-0.3, -0.25) is 4.90 Å². The van der Waals surface area contributed by atoms with Crippen LogP contribution in [0.3, 0.4) is 0 Å². The summed E-state index contributed by atoms with van der Waals surface area (Å²) in [5.41, 5.74) is -0.244. The molecule has 0 amide bonds. The summed E-state index contributed by atoms with van der Waals surface area (Å²) in [5, 5.41) is 4.54. The Bertz CT molecular complexity index is 1190. The highest BCUT2D eigenvalue weighted by atomic mass is 35.5. The van der Waals surface area contributed by atoms with Crippen LogP contribution in [0.1, 0.15) is 11.5 Å². The van der Waals surface area contributed by atoms with Crippen molar-refractivity contribution in [1.29, 1.82) is 0 Å². The van der Waals surface area contributed by atoms with Gasteiger partial charge in [0.1, 0.15) is 0 Å². The highest BCUT2D eigenvalue weighted by Gasteiger charge is 2.34. The van der Waals surface area contributed by atoms with Crippen LogP contribution >= 0.6 is 11.6 Å². The molecule has 1 aromatic heterocycles. The maximum Gasteiger partial charge on any atom is 0.416 e. The van der Waals surface area contributed by atoms with Gasteiger partial charge in [-0.15, -0.1) is 0 Å². The van der Waals surface area contributed by atoms with Crippen LogP contribution in [0.4, 0.5) is 13.2 Å². The molecule has 1 saturated heterocycles. The van der Waals surface area contributed by atoms with E-state index in [0.29, 0.717) is 42.4 Å². The van der Waals surface area contributed by atoms with Gasteiger partial charge in [0.25, 0.3) is 0 Å². The molecule has 0 radical (unpaired) electrons. The molecule has 2 aromatic carbocycles. The van der Waals surface area contributed by atoms with E-state index in [1.54, 1.807) is 24.3 Å². The lowest BCUT2D eigenvalue weighted by Crippen LogP contribution is -2.48. The van der Waals surface area contributed by atoms with Crippen molar-refractivity contribution in [2.75, 3.05) is 26.2 Å². The van der Waals surface area contributed by atoms with Crippen molar-refractivity contribution in [1.82, 2.24) is 19.3 Å². The second kappa shape index (κ2) is 8.81. The predicted molar refractivity (Wildman–Crippen MR) is 110 cm³/mol. The van der Waals surface area contributed by atoms with Crippen molar-refractivity contribution in [3.63, 3.8) is 0 Å². The monoisotopic (exact) mass is 486 g/mol. The smallest absolute Gasteiger partial charge is 0.338 e. The maximum atomic E-state index is 12.9. The number of aromatic nitrogens is 2. The van der Waals surface area contributed by atoms with Gasteiger partial charge in [-0.1, -0.05) is 22.8 Å². The normalized spacial score (nSPS) is 16.4. The first-order valence-electron chi connectivity index (χ1n) is 9.61. The lowest BCUT2D eigenvalue weighted by atomic mass is 10.2. The maximum absolute atomic E-state index is 12.9. The minimum atomic E-state index is -4.61. The SMILES string of the molecule is O=S(=O)(c1cccc(C(F)(F)F)c1)N1CCN(Cc2nc(-c3ccc(Cl)cc3)no2)CC1. The fraction of sp³-hybridized carbons (Fsp3) is 0.300. The summed E-state index contributed by atoms with van der Waals surface area (Å²) in [6, 6.07) is 10.8. The fourth-order valence-corrected chi connectivity index (χ4v) is 4.93. The Balaban J connectivity index is 1.39. The highest BCUT2D eigenvalue weighted by Crippen LogP contribution is 2.31. The number of benzene rings is 2.